The fraction of sp³-hybridized carbons (Fsp3) is 0.385. The van der Waals surface area contributed by atoms with Crippen LogP contribution in [0.15, 0.2) is 83.9 Å². The molecule has 3 aromatic heterocycles. The van der Waals surface area contributed by atoms with Crippen LogP contribution < -0.4 is 35.8 Å². The SMILES string of the molecule is COc1cc(N2CCN(CC3CCN(C4CN(c5ccc6c(c5)C(=O)N(C5CCC(=O)NC5=O)C6=O)C4)CC3)CC2)c(-c2cnn(C)c2)cc1Nc1ncc(Br)c(Nc2ccc3ncccc3c2P(C)C)n1. The van der Waals surface area contributed by atoms with Crippen molar-refractivity contribution in [3.05, 3.63) is 95.0 Å². The van der Waals surface area contributed by atoms with Crippen LogP contribution in [0.25, 0.3) is 22.0 Å². The van der Waals surface area contributed by atoms with Gasteiger partial charge in [-0.15, -0.1) is 0 Å². The van der Waals surface area contributed by atoms with Crippen LogP contribution in [0.2, 0.25) is 0 Å². The lowest BCUT2D eigenvalue weighted by Crippen LogP contribution is -2.61. The van der Waals surface area contributed by atoms with Crippen LogP contribution in [-0.4, -0.2) is 154 Å². The Labute approximate surface area is 427 Å². The molecule has 4 fully saturated rings. The molecule has 6 aromatic rings. The number of ether oxygens (including phenoxy) is 1. The van der Waals surface area contributed by atoms with Gasteiger partial charge in [0.25, 0.3) is 11.8 Å². The highest BCUT2D eigenvalue weighted by Crippen LogP contribution is 2.42. The molecule has 3 N–H and O–H groups in total. The molecule has 3 aromatic carbocycles. The number of aryl methyl sites for hydroxylation is 1. The summed E-state index contributed by atoms with van der Waals surface area (Å²) in [5.41, 5.74) is 7.37. The topological polar surface area (TPSA) is 186 Å². The predicted octanol–water partition coefficient (Wildman–Crippen LogP) is 6.17. The lowest BCUT2D eigenvalue weighted by atomic mass is 9.93. The van der Waals surface area contributed by atoms with Crippen molar-refractivity contribution in [2.75, 3.05) is 99.8 Å². The highest BCUT2D eigenvalue weighted by Gasteiger charge is 2.45. The molecule has 72 heavy (non-hydrogen) atoms. The molecule has 0 spiro atoms. The van der Waals surface area contributed by atoms with Crippen LogP contribution in [0.5, 0.6) is 5.75 Å². The number of nitrogens with one attached hydrogen (secondary N) is 3. The van der Waals surface area contributed by atoms with Crippen molar-refractivity contribution in [3.8, 4) is 16.9 Å². The third-order valence-corrected chi connectivity index (χ3v) is 16.8. The third-order valence-electron chi connectivity index (χ3n) is 14.8. The van der Waals surface area contributed by atoms with Crippen LogP contribution in [0.1, 0.15) is 46.4 Å². The number of carbonyl (C=O) groups is 4. The Kier molecular flexibility index (Phi) is 13.2. The zero-order chi connectivity index (χ0) is 49.8. The van der Waals surface area contributed by atoms with E-state index in [0.29, 0.717) is 40.6 Å². The number of rotatable bonds is 13. The minimum atomic E-state index is -0.970. The fourth-order valence-electron chi connectivity index (χ4n) is 11.0. The molecule has 0 aliphatic carbocycles. The van der Waals surface area contributed by atoms with Gasteiger partial charge in [0.05, 0.1) is 40.1 Å². The molecule has 20 heteroatoms. The number of aromatic nitrogens is 5. The summed E-state index contributed by atoms with van der Waals surface area (Å²) in [5.74, 6) is 0.443. The number of anilines is 6. The smallest absolute Gasteiger partial charge is 0.262 e. The number of likely N-dealkylation sites (tertiary alicyclic amines) is 1. The Morgan fingerprint density at radius 3 is 2.36 bits per heavy atom. The molecule has 4 saturated heterocycles. The van der Waals surface area contributed by atoms with Crippen LogP contribution in [0.4, 0.5) is 34.5 Å². The van der Waals surface area contributed by atoms with Gasteiger partial charge in [-0.1, -0.05) is 14.0 Å². The number of nitrogens with zero attached hydrogens (tertiary/aromatic N) is 10. The van der Waals surface area contributed by atoms with E-state index in [9.17, 15) is 19.2 Å². The zero-order valence-corrected chi connectivity index (χ0v) is 43.2. The molecule has 1 unspecified atom stereocenters. The summed E-state index contributed by atoms with van der Waals surface area (Å²) in [6.07, 6.45) is 10.1. The second kappa shape index (κ2) is 19.8. The van der Waals surface area contributed by atoms with E-state index in [-0.39, 0.29) is 18.7 Å². The number of hydrogen-bond acceptors (Lipinski definition) is 15. The number of benzene rings is 3. The first-order valence-electron chi connectivity index (χ1n) is 24.5. The summed E-state index contributed by atoms with van der Waals surface area (Å²) in [6, 6.07) is 17.3. The van der Waals surface area contributed by atoms with Crippen molar-refractivity contribution in [2.24, 2.45) is 13.0 Å². The maximum absolute atomic E-state index is 13.4. The third kappa shape index (κ3) is 9.27. The van der Waals surface area contributed by atoms with Crippen molar-refractivity contribution in [1.29, 1.82) is 0 Å². The van der Waals surface area contributed by atoms with E-state index in [1.54, 1.807) is 25.4 Å². The summed E-state index contributed by atoms with van der Waals surface area (Å²) >= 11 is 3.69. The molecule has 8 heterocycles. The van der Waals surface area contributed by atoms with E-state index in [2.05, 4.69) is 104 Å². The average Bonchev–Trinajstić information content (AvgIpc) is 3.91. The fourth-order valence-corrected chi connectivity index (χ4v) is 12.5. The first kappa shape index (κ1) is 47.8. The molecule has 0 bridgehead atoms. The van der Waals surface area contributed by atoms with Crippen LogP contribution in [0.3, 0.4) is 0 Å². The molecular formula is C52H57BrN13O5P. The van der Waals surface area contributed by atoms with Gasteiger partial charge in [0.2, 0.25) is 17.8 Å². The molecule has 0 saturated carbocycles. The number of methoxy groups -OCH3 is 1. The van der Waals surface area contributed by atoms with Gasteiger partial charge in [-0.25, -0.2) is 4.98 Å². The Balaban J connectivity index is 0.703. The predicted molar refractivity (Wildman–Crippen MR) is 284 cm³/mol. The van der Waals surface area contributed by atoms with Gasteiger partial charge in [-0.3, -0.25) is 48.9 Å². The van der Waals surface area contributed by atoms with E-state index in [4.69, 9.17) is 9.72 Å². The molecule has 1 atom stereocenters. The molecule has 0 radical (unpaired) electrons. The minimum Gasteiger partial charge on any atom is -0.494 e. The number of piperidine rings is 2. The second-order valence-electron chi connectivity index (χ2n) is 19.5. The van der Waals surface area contributed by atoms with Crippen LogP contribution in [-0.2, 0) is 16.6 Å². The van der Waals surface area contributed by atoms with E-state index < -0.39 is 31.7 Å². The summed E-state index contributed by atoms with van der Waals surface area (Å²) < 4.78 is 8.63. The number of hydrogen-bond donors (Lipinski definition) is 3. The molecular weight excluding hydrogens is 998 g/mol. The Morgan fingerprint density at radius 1 is 0.833 bits per heavy atom. The Hall–Kier alpha value is -6.53. The molecule has 11 rings (SSSR count). The lowest BCUT2D eigenvalue weighted by Gasteiger charge is -2.49. The van der Waals surface area contributed by atoms with E-state index in [1.807, 2.05) is 48.5 Å². The van der Waals surface area contributed by atoms with Gasteiger partial charge in [0.15, 0.2) is 0 Å². The average molecular weight is 1050 g/mol. The number of amides is 4. The number of carbonyl (C=O) groups excluding carboxylic acids is 4. The van der Waals surface area contributed by atoms with Gasteiger partial charge in [-0.05, 0) is 110 Å². The molecule has 18 nitrogen and oxygen atoms in total. The van der Waals surface area contributed by atoms with Gasteiger partial charge >= 0.3 is 0 Å². The lowest BCUT2D eigenvalue weighted by molar-refractivity contribution is -0.136. The van der Waals surface area contributed by atoms with E-state index in [0.717, 1.165) is 126 Å². The molecule has 5 aliphatic heterocycles. The first-order valence-corrected chi connectivity index (χ1v) is 27.6. The van der Waals surface area contributed by atoms with Crippen molar-refractivity contribution in [2.45, 2.75) is 37.8 Å². The summed E-state index contributed by atoms with van der Waals surface area (Å²) in [7, 11) is 3.16. The minimum absolute atomic E-state index is 0.0955. The first-order chi connectivity index (χ1) is 34.9. The monoisotopic (exact) mass is 1050 g/mol. The highest BCUT2D eigenvalue weighted by molar-refractivity contribution is 9.10. The second-order valence-corrected chi connectivity index (χ2v) is 22.6. The highest BCUT2D eigenvalue weighted by atomic mass is 79.9. The van der Waals surface area contributed by atoms with Gasteiger partial charge in [0.1, 0.15) is 17.6 Å². The largest absolute Gasteiger partial charge is 0.494 e. The number of piperazine rings is 1. The summed E-state index contributed by atoms with van der Waals surface area (Å²) in [6.45, 7) is 13.1. The molecule has 4 amide bonds. The standard InChI is InChI=1S/C52H57BrN13O5P/c1-61-28-32(25-56-61)37-23-42(58-52-55-26-39(53)48(60-52)57-41-10-9-40-36(6-5-15-54-40)47(41)72(3)4)45(71-2)24-44(37)64-20-18-62(19-21-64)27-31-13-16-63(17-14-31)34-29-65(30-34)33-7-8-35-38(22-33)51(70)66(50(35)69)43-11-12-46(67)59-49(43)68/h5-10,15,22-26,28,31,34,43H,11-14,16-21,27,29-30H2,1-4H3,(H,59,67,68)(H2,55,57,58,60). The summed E-state index contributed by atoms with van der Waals surface area (Å²) in [4.78, 5) is 76.0. The van der Waals surface area contributed by atoms with E-state index >= 15 is 0 Å². The Morgan fingerprint density at radius 2 is 1.62 bits per heavy atom. The van der Waals surface area contributed by atoms with Crippen LogP contribution >= 0.6 is 23.9 Å². The van der Waals surface area contributed by atoms with Gasteiger partial charge in [-0.2, -0.15) is 10.1 Å². The maximum Gasteiger partial charge on any atom is 0.262 e. The number of fused-ring (bicyclic) bond motifs is 2. The van der Waals surface area contributed by atoms with Crippen molar-refractivity contribution in [3.63, 3.8) is 0 Å². The normalized spacial score (nSPS) is 19.3. The van der Waals surface area contributed by atoms with E-state index in [1.165, 1.54) is 5.30 Å². The van der Waals surface area contributed by atoms with Crippen LogP contribution in [0, 0.1) is 5.92 Å². The van der Waals surface area contributed by atoms with Crippen molar-refractivity contribution >= 4 is 98.2 Å². The number of pyridine rings is 1. The molecule has 372 valence electrons. The van der Waals surface area contributed by atoms with Crippen molar-refractivity contribution < 1.29 is 23.9 Å². The van der Waals surface area contributed by atoms with Gasteiger partial charge < -0.3 is 25.2 Å². The number of imide groups is 2. The van der Waals surface area contributed by atoms with Gasteiger partial charge in [0, 0.05) is 129 Å². The quantitative estimate of drug-likeness (QED) is 0.0880. The summed E-state index contributed by atoms with van der Waals surface area (Å²) in [5, 5.41) is 16.2. The molecule has 5 aliphatic rings. The maximum atomic E-state index is 13.4. The Bertz CT molecular complexity index is 3110. The number of halogens is 1. The zero-order valence-electron chi connectivity index (χ0n) is 40.8. The van der Waals surface area contributed by atoms with Crippen molar-refractivity contribution in [1.82, 2.24) is 44.7 Å².